The molecule has 1 saturated heterocycles. The minimum atomic E-state index is -1.24. The second kappa shape index (κ2) is 7.79. The first-order valence-electron chi connectivity index (χ1n) is 10.7. The van der Waals surface area contributed by atoms with Gasteiger partial charge in [0.25, 0.3) is 0 Å². The second-order valence-electron chi connectivity index (χ2n) is 8.09. The molecule has 0 radical (unpaired) electrons. The Bertz CT molecular complexity index is 1430. The highest BCUT2D eigenvalue weighted by Gasteiger charge is 2.44. The molecule has 0 unspecified atom stereocenters. The van der Waals surface area contributed by atoms with Gasteiger partial charge in [0, 0.05) is 5.39 Å². The molecule has 6 rings (SSSR count). The minimum Gasteiger partial charge on any atom is -0.463 e. The summed E-state index contributed by atoms with van der Waals surface area (Å²) < 4.78 is 13.3. The van der Waals surface area contributed by atoms with Gasteiger partial charge >= 0.3 is 0 Å². The van der Waals surface area contributed by atoms with Crippen molar-refractivity contribution < 1.29 is 24.5 Å². The van der Waals surface area contributed by atoms with Crippen LogP contribution >= 0.6 is 0 Å². The fourth-order valence-corrected chi connectivity index (χ4v) is 4.63. The Morgan fingerprint density at radius 2 is 1.76 bits per heavy atom. The topological polar surface area (TPSA) is 114 Å². The number of fused-ring (bicyclic) bond motifs is 3. The van der Waals surface area contributed by atoms with E-state index in [1.54, 1.807) is 16.9 Å². The summed E-state index contributed by atoms with van der Waals surface area (Å²) in [4.78, 5) is 9.02. The van der Waals surface area contributed by atoms with Crippen LogP contribution in [0.15, 0.2) is 77.7 Å². The maximum Gasteiger partial charge on any atom is 0.165 e. The first-order valence-corrected chi connectivity index (χ1v) is 10.7. The van der Waals surface area contributed by atoms with E-state index >= 15 is 0 Å². The fourth-order valence-electron chi connectivity index (χ4n) is 4.63. The van der Waals surface area contributed by atoms with Crippen LogP contribution in [0.2, 0.25) is 0 Å². The molecule has 2 aromatic carbocycles. The lowest BCUT2D eigenvalue weighted by molar-refractivity contribution is -0.0489. The van der Waals surface area contributed by atoms with Crippen LogP contribution in [0.25, 0.3) is 44.5 Å². The van der Waals surface area contributed by atoms with Gasteiger partial charge in [-0.05, 0) is 35.4 Å². The molecule has 0 spiro atoms. The number of aliphatic hydroxyl groups is 3. The SMILES string of the molecule is OC[C@H]1O[C@@H](n2c3ccc(-c4ccccc4)cc3c3c(-c4ccco4)ncnc32)[C@H](O)[C@@H]1O. The van der Waals surface area contributed by atoms with Crippen molar-refractivity contribution in [2.75, 3.05) is 6.61 Å². The molecule has 8 nitrogen and oxygen atoms in total. The summed E-state index contributed by atoms with van der Waals surface area (Å²) in [5.74, 6) is 0.590. The molecular formula is C25H21N3O5. The smallest absolute Gasteiger partial charge is 0.165 e. The lowest BCUT2D eigenvalue weighted by atomic mass is 10.0. The summed E-state index contributed by atoms with van der Waals surface area (Å²) in [6.07, 6.45) is -1.26. The number of rotatable bonds is 4. The van der Waals surface area contributed by atoms with Crippen molar-refractivity contribution in [3.8, 4) is 22.6 Å². The second-order valence-corrected chi connectivity index (χ2v) is 8.09. The molecule has 5 aromatic rings. The summed E-state index contributed by atoms with van der Waals surface area (Å²) in [6, 6.07) is 19.6. The van der Waals surface area contributed by atoms with Crippen LogP contribution < -0.4 is 0 Å². The summed E-state index contributed by atoms with van der Waals surface area (Å²) >= 11 is 0. The quantitative estimate of drug-likeness (QED) is 0.391. The normalized spacial score (nSPS) is 23.0. The van der Waals surface area contributed by atoms with Gasteiger partial charge in [0.2, 0.25) is 0 Å². The van der Waals surface area contributed by atoms with Crippen molar-refractivity contribution >= 4 is 21.9 Å². The van der Waals surface area contributed by atoms with Crippen molar-refractivity contribution in [1.29, 1.82) is 0 Å². The van der Waals surface area contributed by atoms with E-state index in [-0.39, 0.29) is 0 Å². The van der Waals surface area contributed by atoms with E-state index in [0.717, 1.165) is 27.4 Å². The Labute approximate surface area is 188 Å². The Morgan fingerprint density at radius 3 is 2.48 bits per heavy atom. The zero-order valence-corrected chi connectivity index (χ0v) is 17.4. The molecule has 0 amide bonds. The Morgan fingerprint density at radius 1 is 0.909 bits per heavy atom. The third-order valence-electron chi connectivity index (χ3n) is 6.21. The highest BCUT2D eigenvalue weighted by Crippen LogP contribution is 2.41. The molecule has 0 bridgehead atoms. The van der Waals surface area contributed by atoms with Gasteiger partial charge in [0.05, 0.1) is 23.8 Å². The molecule has 1 aliphatic heterocycles. The van der Waals surface area contributed by atoms with Crippen LogP contribution in [-0.2, 0) is 4.74 Å². The summed E-state index contributed by atoms with van der Waals surface area (Å²) in [5, 5.41) is 32.3. The number of hydrogen-bond donors (Lipinski definition) is 3. The predicted octanol–water partition coefficient (Wildman–Crippen LogP) is 3.12. The van der Waals surface area contributed by atoms with Crippen molar-refractivity contribution in [2.45, 2.75) is 24.5 Å². The first kappa shape index (κ1) is 20.1. The minimum absolute atomic E-state index is 0.406. The maximum atomic E-state index is 10.8. The van der Waals surface area contributed by atoms with E-state index in [1.807, 2.05) is 48.5 Å². The molecule has 3 N–H and O–H groups in total. The number of furan rings is 1. The predicted molar refractivity (Wildman–Crippen MR) is 121 cm³/mol. The van der Waals surface area contributed by atoms with Crippen LogP contribution in [0.1, 0.15) is 6.23 Å². The Kier molecular flexibility index (Phi) is 4.74. The van der Waals surface area contributed by atoms with Crippen LogP contribution in [0, 0.1) is 0 Å². The number of aliphatic hydroxyl groups excluding tert-OH is 3. The van der Waals surface area contributed by atoms with Crippen LogP contribution in [0.5, 0.6) is 0 Å². The van der Waals surface area contributed by atoms with Gasteiger partial charge in [-0.15, -0.1) is 0 Å². The molecule has 4 atom stereocenters. The molecule has 8 heteroatoms. The third kappa shape index (κ3) is 3.07. The van der Waals surface area contributed by atoms with Gasteiger partial charge in [-0.2, -0.15) is 0 Å². The molecule has 0 aliphatic carbocycles. The maximum absolute atomic E-state index is 10.8. The van der Waals surface area contributed by atoms with E-state index in [0.29, 0.717) is 17.1 Å². The fraction of sp³-hybridized carbons (Fsp3) is 0.200. The van der Waals surface area contributed by atoms with Crippen LogP contribution in [-0.4, -0.2) is 54.8 Å². The van der Waals surface area contributed by atoms with Crippen molar-refractivity contribution in [2.24, 2.45) is 0 Å². The zero-order valence-electron chi connectivity index (χ0n) is 17.4. The first-order chi connectivity index (χ1) is 16.2. The van der Waals surface area contributed by atoms with Gasteiger partial charge in [-0.3, -0.25) is 4.57 Å². The van der Waals surface area contributed by atoms with Crippen LogP contribution in [0.4, 0.5) is 0 Å². The Balaban J connectivity index is 1.66. The highest BCUT2D eigenvalue weighted by atomic mass is 16.6. The van der Waals surface area contributed by atoms with Gasteiger partial charge in [0.1, 0.15) is 36.0 Å². The summed E-state index contributed by atoms with van der Waals surface area (Å²) in [5.41, 5.74) is 3.98. The van der Waals surface area contributed by atoms with E-state index in [4.69, 9.17) is 9.15 Å². The monoisotopic (exact) mass is 443 g/mol. The van der Waals surface area contributed by atoms with E-state index in [1.165, 1.54) is 6.33 Å². The lowest BCUT2D eigenvalue weighted by Crippen LogP contribution is -2.33. The average Bonchev–Trinajstić information content (AvgIpc) is 3.57. The molecule has 1 fully saturated rings. The molecule has 33 heavy (non-hydrogen) atoms. The Hall–Kier alpha value is -3.56. The molecule has 166 valence electrons. The van der Waals surface area contributed by atoms with Crippen molar-refractivity contribution in [1.82, 2.24) is 14.5 Å². The summed E-state index contributed by atoms with van der Waals surface area (Å²) in [6.45, 7) is -0.406. The van der Waals surface area contributed by atoms with Gasteiger partial charge < -0.3 is 24.5 Å². The van der Waals surface area contributed by atoms with E-state index < -0.39 is 31.1 Å². The molecule has 0 saturated carbocycles. The average molecular weight is 443 g/mol. The van der Waals surface area contributed by atoms with E-state index in [2.05, 4.69) is 16.0 Å². The number of nitrogens with zero attached hydrogens (tertiary/aromatic N) is 3. The van der Waals surface area contributed by atoms with Gasteiger partial charge in [-0.25, -0.2) is 9.97 Å². The number of ether oxygens (including phenoxy) is 1. The number of aromatic nitrogens is 3. The van der Waals surface area contributed by atoms with E-state index in [9.17, 15) is 15.3 Å². The largest absolute Gasteiger partial charge is 0.463 e. The third-order valence-corrected chi connectivity index (χ3v) is 6.21. The van der Waals surface area contributed by atoms with Crippen molar-refractivity contribution in [3.63, 3.8) is 0 Å². The zero-order chi connectivity index (χ0) is 22.5. The molecular weight excluding hydrogens is 422 g/mol. The van der Waals surface area contributed by atoms with Crippen LogP contribution in [0.3, 0.4) is 0 Å². The number of benzene rings is 2. The van der Waals surface area contributed by atoms with Gasteiger partial charge in [0.15, 0.2) is 12.0 Å². The standard InChI is InChI=1S/C25H21N3O5/c29-12-19-22(30)23(31)25(33-19)28-17-9-8-15(14-5-2-1-3-6-14)11-16(17)20-21(18-7-4-10-32-18)26-13-27-24(20)28/h1-11,13,19,22-23,25,29-31H,12H2/t19-,22-,23-,25-/m1/s1. The number of hydrogen-bond acceptors (Lipinski definition) is 7. The molecule has 1 aliphatic rings. The van der Waals surface area contributed by atoms with Crippen molar-refractivity contribution in [3.05, 3.63) is 73.3 Å². The van der Waals surface area contributed by atoms with Gasteiger partial charge in [-0.1, -0.05) is 36.4 Å². The molecule has 4 heterocycles. The highest BCUT2D eigenvalue weighted by molar-refractivity contribution is 6.13. The lowest BCUT2D eigenvalue weighted by Gasteiger charge is -2.18. The molecule has 3 aromatic heterocycles. The summed E-state index contributed by atoms with van der Waals surface area (Å²) in [7, 11) is 0.